The second kappa shape index (κ2) is 8.45. The highest BCUT2D eigenvalue weighted by atomic mass is 19.4. The summed E-state index contributed by atoms with van der Waals surface area (Å²) in [6, 6.07) is 11.1. The Morgan fingerprint density at radius 3 is 2.50 bits per heavy atom. The molecule has 3 heterocycles. The van der Waals surface area contributed by atoms with Crippen molar-refractivity contribution in [2.24, 2.45) is 0 Å². The number of H-pyrrole nitrogens is 1. The van der Waals surface area contributed by atoms with Crippen molar-refractivity contribution in [2.75, 3.05) is 5.32 Å². The predicted molar refractivity (Wildman–Crippen MR) is 121 cm³/mol. The van der Waals surface area contributed by atoms with Crippen molar-refractivity contribution in [3.05, 3.63) is 93.8 Å². The van der Waals surface area contributed by atoms with Crippen LogP contribution in [0.25, 0.3) is 22.7 Å². The summed E-state index contributed by atoms with van der Waals surface area (Å²) in [4.78, 5) is 32.4. The highest BCUT2D eigenvalue weighted by molar-refractivity contribution is 6.05. The third kappa shape index (κ3) is 4.10. The van der Waals surface area contributed by atoms with Crippen molar-refractivity contribution >= 4 is 22.8 Å². The zero-order chi connectivity index (χ0) is 25.6. The normalized spacial score (nSPS) is 11.7. The maximum Gasteiger partial charge on any atom is 0.417 e. The molecule has 0 spiro atoms. The van der Waals surface area contributed by atoms with E-state index < -0.39 is 34.6 Å². The van der Waals surface area contributed by atoms with Crippen LogP contribution in [-0.4, -0.2) is 35.4 Å². The Bertz CT molecular complexity index is 1670. The fraction of sp³-hybridized carbons (Fsp3) is 0.0870. The van der Waals surface area contributed by atoms with Crippen LogP contribution in [0.5, 0.6) is 0 Å². The van der Waals surface area contributed by atoms with Gasteiger partial charge < -0.3 is 5.32 Å². The number of nitrogens with zero attached hydrogens (tertiary/aromatic N) is 5. The average Bonchev–Trinajstić information content (AvgIpc) is 3.42. The number of anilines is 1. The number of alkyl halides is 3. The summed E-state index contributed by atoms with van der Waals surface area (Å²) in [5.74, 6) is -1.63. The van der Waals surface area contributed by atoms with Crippen LogP contribution in [0.2, 0.25) is 0 Å². The van der Waals surface area contributed by atoms with Gasteiger partial charge in [0.2, 0.25) is 5.95 Å². The topological polar surface area (TPSA) is 110 Å². The van der Waals surface area contributed by atoms with Crippen LogP contribution in [0.15, 0.2) is 65.6 Å². The Morgan fingerprint density at radius 2 is 1.78 bits per heavy atom. The smallest absolute Gasteiger partial charge is 0.306 e. The van der Waals surface area contributed by atoms with E-state index in [1.165, 1.54) is 53.3 Å². The largest absolute Gasteiger partial charge is 0.417 e. The summed E-state index contributed by atoms with van der Waals surface area (Å²) < 4.78 is 55.9. The lowest BCUT2D eigenvalue weighted by Gasteiger charge is -2.13. The number of aryl methyl sites for hydroxylation is 1. The Morgan fingerprint density at radius 1 is 1.06 bits per heavy atom. The van der Waals surface area contributed by atoms with Crippen molar-refractivity contribution < 1.29 is 22.4 Å². The number of benzene rings is 2. The molecule has 0 unspecified atom stereocenters. The van der Waals surface area contributed by atoms with Crippen LogP contribution in [0, 0.1) is 12.7 Å². The van der Waals surface area contributed by atoms with E-state index in [9.17, 15) is 27.2 Å². The van der Waals surface area contributed by atoms with Crippen LogP contribution in [-0.2, 0) is 6.18 Å². The average molecular weight is 497 g/mol. The maximum atomic E-state index is 13.4. The monoisotopic (exact) mass is 497 g/mol. The number of halogens is 4. The molecule has 0 fully saturated rings. The first kappa shape index (κ1) is 23.0. The Balaban J connectivity index is 1.58. The number of hydrogen-bond acceptors (Lipinski definition) is 5. The molecule has 5 rings (SSSR count). The van der Waals surface area contributed by atoms with Gasteiger partial charge >= 0.3 is 6.18 Å². The standard InChI is InChI=1S/C23H15F4N7O2/c1-12-10-18(29-20(35)15-4-2-3-5-17(15)23(25,26)27)34(32-12)22-30-19-16(21(36)31-22)11-28-33(19)14-8-6-13(24)7-9-14/h2-11H,1H3,(H,29,35)(H,30,31,36). The molecule has 0 radical (unpaired) electrons. The van der Waals surface area contributed by atoms with Gasteiger partial charge in [-0.15, -0.1) is 0 Å². The fourth-order valence-electron chi connectivity index (χ4n) is 3.64. The summed E-state index contributed by atoms with van der Waals surface area (Å²) in [5.41, 5.74) is -1.30. The predicted octanol–water partition coefficient (Wildman–Crippen LogP) is 4.01. The molecule has 0 atom stereocenters. The number of hydrogen-bond donors (Lipinski definition) is 2. The lowest BCUT2D eigenvalue weighted by molar-refractivity contribution is -0.137. The number of carbonyl (C=O) groups is 1. The molecule has 2 N–H and O–H groups in total. The molecule has 9 nitrogen and oxygen atoms in total. The second-order valence-corrected chi connectivity index (χ2v) is 7.74. The van der Waals surface area contributed by atoms with E-state index in [1.54, 1.807) is 6.92 Å². The molecule has 0 aliphatic heterocycles. The zero-order valence-electron chi connectivity index (χ0n) is 18.3. The van der Waals surface area contributed by atoms with Gasteiger partial charge in [-0.25, -0.2) is 9.07 Å². The molecule has 36 heavy (non-hydrogen) atoms. The van der Waals surface area contributed by atoms with Gasteiger partial charge in [-0.2, -0.15) is 33.0 Å². The number of fused-ring (bicyclic) bond motifs is 1. The van der Waals surface area contributed by atoms with Crippen LogP contribution in [0.3, 0.4) is 0 Å². The van der Waals surface area contributed by atoms with Crippen molar-refractivity contribution in [1.82, 2.24) is 29.5 Å². The molecular formula is C23H15F4N7O2. The quantitative estimate of drug-likeness (QED) is 0.365. The highest BCUT2D eigenvalue weighted by Gasteiger charge is 2.35. The molecule has 0 aliphatic rings. The Hall–Kier alpha value is -4.81. The van der Waals surface area contributed by atoms with Crippen molar-refractivity contribution in [2.45, 2.75) is 13.1 Å². The van der Waals surface area contributed by atoms with Gasteiger partial charge in [0.25, 0.3) is 11.5 Å². The first-order valence-corrected chi connectivity index (χ1v) is 10.4. The van der Waals surface area contributed by atoms with Crippen molar-refractivity contribution in [1.29, 1.82) is 0 Å². The van der Waals surface area contributed by atoms with Crippen LogP contribution in [0.4, 0.5) is 23.4 Å². The summed E-state index contributed by atoms with van der Waals surface area (Å²) in [7, 11) is 0. The Kier molecular flexibility index (Phi) is 5.39. The van der Waals surface area contributed by atoms with E-state index in [-0.39, 0.29) is 22.8 Å². The first-order chi connectivity index (χ1) is 17.1. The lowest BCUT2D eigenvalue weighted by atomic mass is 10.1. The van der Waals surface area contributed by atoms with Gasteiger partial charge in [-0.05, 0) is 43.3 Å². The number of aromatic nitrogens is 6. The molecule has 5 aromatic rings. The van der Waals surface area contributed by atoms with Crippen molar-refractivity contribution in [3.8, 4) is 11.6 Å². The third-order valence-corrected chi connectivity index (χ3v) is 5.25. The molecule has 1 amide bonds. The summed E-state index contributed by atoms with van der Waals surface area (Å²) in [6.07, 6.45) is -3.44. The molecule has 0 saturated heterocycles. The van der Waals surface area contributed by atoms with Crippen LogP contribution < -0.4 is 10.9 Å². The minimum absolute atomic E-state index is 0.0233. The minimum Gasteiger partial charge on any atom is -0.306 e. The molecule has 3 aromatic heterocycles. The highest BCUT2D eigenvalue weighted by Crippen LogP contribution is 2.32. The molecule has 182 valence electrons. The van der Waals surface area contributed by atoms with Gasteiger partial charge in [-0.1, -0.05) is 12.1 Å². The molecule has 0 aliphatic carbocycles. The first-order valence-electron chi connectivity index (χ1n) is 10.4. The molecular weight excluding hydrogens is 482 g/mol. The van der Waals surface area contributed by atoms with Gasteiger partial charge in [0.1, 0.15) is 17.0 Å². The van der Waals surface area contributed by atoms with Gasteiger partial charge in [0.05, 0.1) is 28.7 Å². The molecule has 0 bridgehead atoms. The van der Waals surface area contributed by atoms with E-state index in [0.717, 1.165) is 16.8 Å². The van der Waals surface area contributed by atoms with Crippen LogP contribution in [0.1, 0.15) is 21.6 Å². The minimum atomic E-state index is -4.74. The molecule has 13 heteroatoms. The van der Waals surface area contributed by atoms with Gasteiger partial charge in [-0.3, -0.25) is 14.6 Å². The number of carbonyl (C=O) groups excluding carboxylic acids is 1. The summed E-state index contributed by atoms with van der Waals surface area (Å²) >= 11 is 0. The Labute approximate surface area is 199 Å². The summed E-state index contributed by atoms with van der Waals surface area (Å²) in [5, 5.41) is 10.9. The van der Waals surface area contributed by atoms with E-state index in [4.69, 9.17) is 0 Å². The lowest BCUT2D eigenvalue weighted by Crippen LogP contribution is -2.21. The van der Waals surface area contributed by atoms with E-state index >= 15 is 0 Å². The number of nitrogens with one attached hydrogen (secondary N) is 2. The maximum absolute atomic E-state index is 13.4. The van der Waals surface area contributed by atoms with E-state index in [1.807, 2.05) is 0 Å². The second-order valence-electron chi connectivity index (χ2n) is 7.74. The molecule has 0 saturated carbocycles. The third-order valence-electron chi connectivity index (χ3n) is 5.25. The zero-order valence-corrected chi connectivity index (χ0v) is 18.3. The van der Waals surface area contributed by atoms with E-state index in [0.29, 0.717) is 11.4 Å². The number of aromatic amines is 1. The number of amides is 1. The SMILES string of the molecule is Cc1cc(NC(=O)c2ccccc2C(F)(F)F)n(-c2nc3c(cnn3-c3ccc(F)cc3)c(=O)[nH]2)n1. The fourth-order valence-corrected chi connectivity index (χ4v) is 3.64. The van der Waals surface area contributed by atoms with E-state index in [2.05, 4.69) is 25.5 Å². The molecule has 2 aromatic carbocycles. The van der Waals surface area contributed by atoms with Gasteiger partial charge in [0, 0.05) is 6.07 Å². The summed E-state index contributed by atoms with van der Waals surface area (Å²) in [6.45, 7) is 1.59. The van der Waals surface area contributed by atoms with Crippen LogP contribution >= 0.6 is 0 Å². The van der Waals surface area contributed by atoms with Gasteiger partial charge in [0.15, 0.2) is 5.65 Å². The number of rotatable bonds is 4. The van der Waals surface area contributed by atoms with Crippen molar-refractivity contribution in [3.63, 3.8) is 0 Å².